The van der Waals surface area contributed by atoms with Crippen molar-refractivity contribution in [3.63, 3.8) is 0 Å². The zero-order chi connectivity index (χ0) is 12.3. The van der Waals surface area contributed by atoms with Crippen LogP contribution in [0.25, 0.3) is 5.52 Å². The number of hydrogen-bond acceptors (Lipinski definition) is 5. The number of methoxy groups -OCH3 is 1. The van der Waals surface area contributed by atoms with E-state index in [9.17, 15) is 5.11 Å². The molecule has 17 heavy (non-hydrogen) atoms. The van der Waals surface area contributed by atoms with Gasteiger partial charge in [0.25, 0.3) is 0 Å². The number of likely N-dealkylation sites (N-methyl/N-ethyl adjacent to an activating group) is 1. The summed E-state index contributed by atoms with van der Waals surface area (Å²) in [5.74, 6) is 0.792. The van der Waals surface area contributed by atoms with Gasteiger partial charge in [0.2, 0.25) is 0 Å². The van der Waals surface area contributed by atoms with Gasteiger partial charge < -0.3 is 14.7 Å². The number of anilines is 1. The van der Waals surface area contributed by atoms with Crippen LogP contribution in [0.3, 0.4) is 0 Å². The summed E-state index contributed by atoms with van der Waals surface area (Å²) in [6.07, 6.45) is 4.67. The van der Waals surface area contributed by atoms with E-state index in [2.05, 4.69) is 10.1 Å². The Bertz CT molecular complexity index is 485. The summed E-state index contributed by atoms with van der Waals surface area (Å²) in [7, 11) is 3.45. The average molecular weight is 236 g/mol. The molecule has 0 fully saturated rings. The summed E-state index contributed by atoms with van der Waals surface area (Å²) >= 11 is 0. The van der Waals surface area contributed by atoms with Gasteiger partial charge in [-0.1, -0.05) is 0 Å². The average Bonchev–Trinajstić information content (AvgIpc) is 2.76. The van der Waals surface area contributed by atoms with Crippen LogP contribution in [0.4, 0.5) is 5.82 Å². The molecule has 0 aliphatic heterocycles. The third-order valence-corrected chi connectivity index (χ3v) is 2.51. The van der Waals surface area contributed by atoms with Crippen molar-refractivity contribution in [2.45, 2.75) is 6.10 Å². The molecule has 0 aliphatic rings. The number of ether oxygens (including phenoxy) is 1. The highest BCUT2D eigenvalue weighted by molar-refractivity contribution is 5.67. The van der Waals surface area contributed by atoms with Gasteiger partial charge in [0.15, 0.2) is 5.82 Å². The Hall–Kier alpha value is -1.66. The zero-order valence-corrected chi connectivity index (χ0v) is 9.95. The van der Waals surface area contributed by atoms with Crippen molar-refractivity contribution in [2.75, 3.05) is 32.2 Å². The standard InChI is InChI=1S/C11H16N4O2/c1-14(7-9(16)8-17-2)11-10-3-4-13-15(10)6-5-12-11/h3-6,9,16H,7-8H2,1-2H3. The van der Waals surface area contributed by atoms with Crippen molar-refractivity contribution >= 4 is 11.3 Å². The molecule has 1 N–H and O–H groups in total. The second kappa shape index (κ2) is 5.11. The van der Waals surface area contributed by atoms with Gasteiger partial charge in [-0.2, -0.15) is 5.10 Å². The minimum Gasteiger partial charge on any atom is -0.389 e. The molecule has 1 atom stereocenters. The number of aliphatic hydroxyl groups is 1. The van der Waals surface area contributed by atoms with Gasteiger partial charge >= 0.3 is 0 Å². The Balaban J connectivity index is 2.18. The zero-order valence-electron chi connectivity index (χ0n) is 9.95. The maximum Gasteiger partial charge on any atom is 0.154 e. The van der Waals surface area contributed by atoms with Gasteiger partial charge in [0.05, 0.1) is 18.9 Å². The quantitative estimate of drug-likeness (QED) is 0.802. The second-order valence-electron chi connectivity index (χ2n) is 3.90. The fourth-order valence-electron chi connectivity index (χ4n) is 1.79. The van der Waals surface area contributed by atoms with Crippen molar-refractivity contribution in [3.05, 3.63) is 24.7 Å². The minimum absolute atomic E-state index is 0.312. The lowest BCUT2D eigenvalue weighted by Crippen LogP contribution is -2.32. The fraction of sp³-hybridized carbons (Fsp3) is 0.455. The van der Waals surface area contributed by atoms with Gasteiger partial charge in [-0.25, -0.2) is 9.50 Å². The van der Waals surface area contributed by atoms with Crippen molar-refractivity contribution < 1.29 is 9.84 Å². The van der Waals surface area contributed by atoms with Gasteiger partial charge in [0.1, 0.15) is 5.52 Å². The minimum atomic E-state index is -0.532. The first-order chi connectivity index (χ1) is 8.22. The first-order valence-electron chi connectivity index (χ1n) is 5.39. The van der Waals surface area contributed by atoms with Crippen LogP contribution < -0.4 is 4.90 Å². The molecule has 2 heterocycles. The molecule has 0 amide bonds. The van der Waals surface area contributed by atoms with E-state index >= 15 is 0 Å². The molecular weight excluding hydrogens is 220 g/mol. The Morgan fingerprint density at radius 2 is 2.35 bits per heavy atom. The monoisotopic (exact) mass is 236 g/mol. The number of fused-ring (bicyclic) bond motifs is 1. The largest absolute Gasteiger partial charge is 0.389 e. The van der Waals surface area contributed by atoms with Crippen molar-refractivity contribution in [3.8, 4) is 0 Å². The lowest BCUT2D eigenvalue weighted by Gasteiger charge is -2.21. The summed E-state index contributed by atoms with van der Waals surface area (Å²) in [4.78, 5) is 6.19. The summed E-state index contributed by atoms with van der Waals surface area (Å²) in [5.41, 5.74) is 0.916. The normalized spacial score (nSPS) is 12.9. The second-order valence-corrected chi connectivity index (χ2v) is 3.90. The lowest BCUT2D eigenvalue weighted by molar-refractivity contribution is 0.0694. The smallest absolute Gasteiger partial charge is 0.154 e. The fourth-order valence-corrected chi connectivity index (χ4v) is 1.79. The highest BCUT2D eigenvalue weighted by atomic mass is 16.5. The van der Waals surface area contributed by atoms with Crippen LogP contribution in [0.1, 0.15) is 0 Å². The molecule has 2 aromatic rings. The molecule has 6 heteroatoms. The third-order valence-electron chi connectivity index (χ3n) is 2.51. The third kappa shape index (κ3) is 2.54. The van der Waals surface area contributed by atoms with Crippen LogP contribution in [0.5, 0.6) is 0 Å². The molecule has 92 valence electrons. The van der Waals surface area contributed by atoms with Crippen LogP contribution in [0, 0.1) is 0 Å². The van der Waals surface area contributed by atoms with E-state index in [-0.39, 0.29) is 0 Å². The molecule has 1 unspecified atom stereocenters. The van der Waals surface area contributed by atoms with Gasteiger partial charge in [-0.3, -0.25) is 0 Å². The number of rotatable bonds is 5. The van der Waals surface area contributed by atoms with Crippen molar-refractivity contribution in [1.82, 2.24) is 14.6 Å². The first kappa shape index (κ1) is 11.8. The number of aliphatic hydroxyl groups excluding tert-OH is 1. The molecule has 0 bridgehead atoms. The van der Waals surface area contributed by atoms with Crippen LogP contribution in [-0.2, 0) is 4.74 Å². The summed E-state index contributed by atoms with van der Waals surface area (Å²) in [5, 5.41) is 13.8. The van der Waals surface area contributed by atoms with Crippen molar-refractivity contribution in [1.29, 1.82) is 0 Å². The lowest BCUT2D eigenvalue weighted by atomic mass is 10.3. The Labute approximate surface area is 99.4 Å². The SMILES string of the molecule is COCC(O)CN(C)c1nccn2nccc12. The van der Waals surface area contributed by atoms with E-state index in [1.165, 1.54) is 0 Å². The first-order valence-corrected chi connectivity index (χ1v) is 5.39. The molecule has 0 radical (unpaired) electrons. The molecule has 6 nitrogen and oxygen atoms in total. The molecule has 0 aromatic carbocycles. The highest BCUT2D eigenvalue weighted by Crippen LogP contribution is 2.16. The molecule has 0 saturated heterocycles. The maximum absolute atomic E-state index is 9.69. The van der Waals surface area contributed by atoms with Crippen molar-refractivity contribution in [2.24, 2.45) is 0 Å². The molecule has 0 aliphatic carbocycles. The van der Waals surface area contributed by atoms with E-state index < -0.39 is 6.10 Å². The predicted octanol–water partition coefficient (Wildman–Crippen LogP) is 0.173. The molecule has 0 spiro atoms. The van der Waals surface area contributed by atoms with Crippen LogP contribution >= 0.6 is 0 Å². The van der Waals surface area contributed by atoms with Gasteiger partial charge in [0, 0.05) is 33.1 Å². The molecule has 2 aromatic heterocycles. The van der Waals surface area contributed by atoms with Crippen LogP contribution in [0.15, 0.2) is 24.7 Å². The summed E-state index contributed by atoms with van der Waals surface area (Å²) in [6, 6.07) is 1.89. The highest BCUT2D eigenvalue weighted by Gasteiger charge is 2.12. The van der Waals surface area contributed by atoms with E-state index in [1.54, 1.807) is 30.2 Å². The van der Waals surface area contributed by atoms with Crippen LogP contribution in [-0.4, -0.2) is 53.1 Å². The Morgan fingerprint density at radius 3 is 3.12 bits per heavy atom. The van der Waals surface area contributed by atoms with E-state index in [4.69, 9.17) is 4.74 Å². The molecule has 0 saturated carbocycles. The number of hydrogen-bond donors (Lipinski definition) is 1. The maximum atomic E-state index is 9.69. The van der Waals surface area contributed by atoms with E-state index in [1.807, 2.05) is 18.0 Å². The van der Waals surface area contributed by atoms with E-state index in [0.29, 0.717) is 13.2 Å². The molecular formula is C11H16N4O2. The summed E-state index contributed by atoms with van der Waals surface area (Å²) in [6.45, 7) is 0.776. The Kier molecular flexibility index (Phi) is 3.55. The molecule has 2 rings (SSSR count). The predicted molar refractivity (Wildman–Crippen MR) is 64.1 cm³/mol. The van der Waals surface area contributed by atoms with E-state index in [0.717, 1.165) is 11.3 Å². The van der Waals surface area contributed by atoms with Gasteiger partial charge in [-0.15, -0.1) is 0 Å². The van der Waals surface area contributed by atoms with Crippen LogP contribution in [0.2, 0.25) is 0 Å². The topological polar surface area (TPSA) is 62.9 Å². The van der Waals surface area contributed by atoms with Gasteiger partial charge in [-0.05, 0) is 6.07 Å². The Morgan fingerprint density at radius 1 is 1.53 bits per heavy atom. The number of nitrogens with zero attached hydrogens (tertiary/aromatic N) is 4. The number of aromatic nitrogens is 3. The summed E-state index contributed by atoms with van der Waals surface area (Å²) < 4.78 is 6.65.